The Labute approximate surface area is 182 Å². The second-order valence-corrected chi connectivity index (χ2v) is 8.62. The van der Waals surface area contributed by atoms with E-state index < -0.39 is 0 Å². The highest BCUT2D eigenvalue weighted by atomic mass is 35.5. The molecular formula is C22H18ClN5OS. The zero-order chi connectivity index (χ0) is 20.8. The van der Waals surface area contributed by atoms with E-state index in [1.807, 2.05) is 67.4 Å². The molecular weight excluding hydrogens is 418 g/mol. The van der Waals surface area contributed by atoms with Crippen LogP contribution in [0.3, 0.4) is 0 Å². The van der Waals surface area contributed by atoms with Crippen molar-refractivity contribution in [1.82, 2.24) is 15.0 Å². The average molecular weight is 436 g/mol. The number of anilines is 2. The van der Waals surface area contributed by atoms with Crippen molar-refractivity contribution in [2.45, 2.75) is 6.92 Å². The molecule has 0 atom stereocenters. The first-order chi connectivity index (χ1) is 14.5. The molecule has 0 unspecified atom stereocenters. The van der Waals surface area contributed by atoms with Gasteiger partial charge in [-0.05, 0) is 31.2 Å². The standard InChI is InChI=1S/C22H18ClN5OS/c1-13-18(30-21(24-13)14-6-5-7-15(23)12-14)22(29)28-11-10-27(2)19-20(28)26-17-9-4-3-8-16(17)25-19/h3-9,12H,10-11H2,1-2H3. The van der Waals surface area contributed by atoms with Crippen LogP contribution in [0.4, 0.5) is 11.6 Å². The summed E-state index contributed by atoms with van der Waals surface area (Å²) in [6.07, 6.45) is 0. The number of rotatable bonds is 2. The molecule has 2 aromatic heterocycles. The number of halogens is 1. The molecule has 8 heteroatoms. The monoisotopic (exact) mass is 435 g/mol. The Hall–Kier alpha value is -3.03. The first-order valence-electron chi connectivity index (χ1n) is 9.54. The molecule has 6 nitrogen and oxygen atoms in total. The zero-order valence-corrected chi connectivity index (χ0v) is 18.0. The molecule has 1 aliphatic heterocycles. The minimum absolute atomic E-state index is 0.0998. The Morgan fingerprint density at radius 2 is 1.73 bits per heavy atom. The van der Waals surface area contributed by atoms with Crippen molar-refractivity contribution in [2.24, 2.45) is 0 Å². The number of aryl methyl sites for hydroxylation is 1. The number of carbonyl (C=O) groups is 1. The van der Waals surface area contributed by atoms with Gasteiger partial charge >= 0.3 is 0 Å². The summed E-state index contributed by atoms with van der Waals surface area (Å²) < 4.78 is 0. The smallest absolute Gasteiger partial charge is 0.271 e. The number of likely N-dealkylation sites (N-methyl/N-ethyl adjacent to an activating group) is 1. The van der Waals surface area contributed by atoms with E-state index in [1.54, 1.807) is 4.90 Å². The number of hydrogen-bond donors (Lipinski definition) is 0. The zero-order valence-electron chi connectivity index (χ0n) is 16.5. The molecule has 3 heterocycles. The van der Waals surface area contributed by atoms with E-state index in [9.17, 15) is 4.79 Å². The van der Waals surface area contributed by atoms with Crippen LogP contribution in [0.5, 0.6) is 0 Å². The van der Waals surface area contributed by atoms with Crippen LogP contribution in [0.1, 0.15) is 15.4 Å². The lowest BCUT2D eigenvalue weighted by atomic mass is 10.2. The van der Waals surface area contributed by atoms with Gasteiger partial charge in [0.15, 0.2) is 11.6 Å². The molecule has 0 bridgehead atoms. The van der Waals surface area contributed by atoms with Crippen LogP contribution in [0.25, 0.3) is 21.6 Å². The van der Waals surface area contributed by atoms with Crippen LogP contribution < -0.4 is 9.80 Å². The molecule has 1 amide bonds. The molecule has 30 heavy (non-hydrogen) atoms. The van der Waals surface area contributed by atoms with Gasteiger partial charge in [-0.15, -0.1) is 11.3 Å². The number of amides is 1. The molecule has 2 aromatic carbocycles. The predicted octanol–water partition coefficient (Wildman–Crippen LogP) is 4.81. The fraction of sp³-hybridized carbons (Fsp3) is 0.182. The lowest BCUT2D eigenvalue weighted by Crippen LogP contribution is -2.43. The van der Waals surface area contributed by atoms with Crippen molar-refractivity contribution in [3.05, 3.63) is 64.1 Å². The quantitative estimate of drug-likeness (QED) is 0.452. The van der Waals surface area contributed by atoms with E-state index in [0.717, 1.165) is 21.6 Å². The fourth-order valence-electron chi connectivity index (χ4n) is 3.54. The van der Waals surface area contributed by atoms with Crippen LogP contribution in [-0.4, -0.2) is 41.0 Å². The highest BCUT2D eigenvalue weighted by Gasteiger charge is 2.31. The van der Waals surface area contributed by atoms with Crippen molar-refractivity contribution in [3.63, 3.8) is 0 Å². The molecule has 0 N–H and O–H groups in total. The number of para-hydroxylation sites is 2. The largest absolute Gasteiger partial charge is 0.355 e. The van der Waals surface area contributed by atoms with E-state index >= 15 is 0 Å². The number of carbonyl (C=O) groups excluding carboxylic acids is 1. The minimum Gasteiger partial charge on any atom is -0.355 e. The van der Waals surface area contributed by atoms with Crippen molar-refractivity contribution in [1.29, 1.82) is 0 Å². The Bertz CT molecular complexity index is 1290. The Morgan fingerprint density at radius 3 is 2.47 bits per heavy atom. The summed E-state index contributed by atoms with van der Waals surface area (Å²) in [4.78, 5) is 32.0. The van der Waals surface area contributed by atoms with Crippen LogP contribution in [0, 0.1) is 6.92 Å². The van der Waals surface area contributed by atoms with Crippen LogP contribution in [0.15, 0.2) is 48.5 Å². The second-order valence-electron chi connectivity index (χ2n) is 7.18. The summed E-state index contributed by atoms with van der Waals surface area (Å²) in [6.45, 7) is 3.09. The molecule has 4 aromatic rings. The molecule has 0 fully saturated rings. The maximum absolute atomic E-state index is 13.5. The number of fused-ring (bicyclic) bond motifs is 2. The van der Waals surface area contributed by atoms with E-state index in [4.69, 9.17) is 21.6 Å². The van der Waals surface area contributed by atoms with E-state index in [0.29, 0.717) is 40.3 Å². The molecule has 0 aliphatic carbocycles. The highest BCUT2D eigenvalue weighted by molar-refractivity contribution is 7.17. The summed E-state index contributed by atoms with van der Waals surface area (Å²) in [7, 11) is 1.97. The van der Waals surface area contributed by atoms with Crippen LogP contribution in [0.2, 0.25) is 5.02 Å². The lowest BCUT2D eigenvalue weighted by Gasteiger charge is -2.33. The van der Waals surface area contributed by atoms with E-state index in [2.05, 4.69) is 4.98 Å². The molecule has 0 saturated heterocycles. The Balaban J connectivity index is 1.56. The van der Waals surface area contributed by atoms with Crippen molar-refractivity contribution < 1.29 is 4.79 Å². The summed E-state index contributed by atoms with van der Waals surface area (Å²) in [5.41, 5.74) is 3.19. The van der Waals surface area contributed by atoms with Gasteiger partial charge < -0.3 is 4.90 Å². The highest BCUT2D eigenvalue weighted by Crippen LogP contribution is 2.35. The summed E-state index contributed by atoms with van der Waals surface area (Å²) in [5.74, 6) is 1.20. The van der Waals surface area contributed by atoms with Gasteiger partial charge in [-0.25, -0.2) is 15.0 Å². The molecule has 150 valence electrons. The van der Waals surface area contributed by atoms with Gasteiger partial charge in [0, 0.05) is 30.7 Å². The first kappa shape index (κ1) is 19.0. The third-order valence-electron chi connectivity index (χ3n) is 5.12. The van der Waals surface area contributed by atoms with Crippen LogP contribution in [-0.2, 0) is 0 Å². The van der Waals surface area contributed by atoms with Gasteiger partial charge in [0.05, 0.1) is 16.7 Å². The van der Waals surface area contributed by atoms with Gasteiger partial charge in [-0.2, -0.15) is 0 Å². The van der Waals surface area contributed by atoms with Gasteiger partial charge in [-0.1, -0.05) is 35.9 Å². The summed E-state index contributed by atoms with van der Waals surface area (Å²) >= 11 is 7.50. The third-order valence-corrected chi connectivity index (χ3v) is 6.55. The van der Waals surface area contributed by atoms with Crippen molar-refractivity contribution in [3.8, 4) is 10.6 Å². The van der Waals surface area contributed by atoms with Crippen LogP contribution >= 0.6 is 22.9 Å². The van der Waals surface area contributed by atoms with Crippen molar-refractivity contribution in [2.75, 3.05) is 29.9 Å². The molecule has 0 spiro atoms. The topological polar surface area (TPSA) is 62.2 Å². The second kappa shape index (κ2) is 7.34. The maximum Gasteiger partial charge on any atom is 0.271 e. The lowest BCUT2D eigenvalue weighted by molar-refractivity contribution is 0.0989. The molecule has 0 saturated carbocycles. The molecule has 5 rings (SSSR count). The molecule has 1 aliphatic rings. The maximum atomic E-state index is 13.5. The number of benzene rings is 2. The van der Waals surface area contributed by atoms with Gasteiger partial charge in [0.25, 0.3) is 5.91 Å². The third kappa shape index (κ3) is 3.20. The van der Waals surface area contributed by atoms with Gasteiger partial charge in [-0.3, -0.25) is 9.69 Å². The average Bonchev–Trinajstić information content (AvgIpc) is 3.14. The Morgan fingerprint density at radius 1 is 1.00 bits per heavy atom. The first-order valence-corrected chi connectivity index (χ1v) is 10.7. The predicted molar refractivity (Wildman–Crippen MR) is 122 cm³/mol. The SMILES string of the molecule is Cc1nc(-c2cccc(Cl)c2)sc1C(=O)N1CCN(C)c2nc3ccccc3nc21. The summed E-state index contributed by atoms with van der Waals surface area (Å²) in [6, 6.07) is 15.2. The summed E-state index contributed by atoms with van der Waals surface area (Å²) in [5, 5.41) is 1.42. The van der Waals surface area contributed by atoms with E-state index in [-0.39, 0.29) is 5.91 Å². The number of aromatic nitrogens is 3. The number of nitrogens with zero attached hydrogens (tertiary/aromatic N) is 5. The fourth-order valence-corrected chi connectivity index (χ4v) is 4.74. The Kier molecular flexibility index (Phi) is 4.64. The number of thiazole rings is 1. The minimum atomic E-state index is -0.0998. The van der Waals surface area contributed by atoms with Crippen molar-refractivity contribution >= 4 is 51.5 Å². The van der Waals surface area contributed by atoms with Gasteiger partial charge in [0.2, 0.25) is 0 Å². The normalized spacial score (nSPS) is 13.6. The molecule has 0 radical (unpaired) electrons. The van der Waals surface area contributed by atoms with E-state index in [1.165, 1.54) is 11.3 Å². The van der Waals surface area contributed by atoms with Gasteiger partial charge in [0.1, 0.15) is 9.88 Å². The number of hydrogen-bond acceptors (Lipinski definition) is 6.